The fourth-order valence-corrected chi connectivity index (χ4v) is 4.10. The smallest absolute Gasteiger partial charge is 0.240 e. The predicted molar refractivity (Wildman–Crippen MR) is 96.3 cm³/mol. The molecule has 1 aliphatic carbocycles. The number of methoxy groups -OCH3 is 1. The van der Waals surface area contributed by atoms with Crippen molar-refractivity contribution in [3.05, 3.63) is 48.4 Å². The first kappa shape index (κ1) is 18.6. The van der Waals surface area contributed by atoms with E-state index in [2.05, 4.69) is 10.0 Å². The molecule has 8 heteroatoms. The second-order valence-electron chi connectivity index (χ2n) is 6.46. The number of furan rings is 1. The number of sulfonamides is 1. The molecule has 0 saturated heterocycles. The van der Waals surface area contributed by atoms with E-state index in [-0.39, 0.29) is 35.3 Å². The monoisotopic (exact) mass is 378 g/mol. The predicted octanol–water partition coefficient (Wildman–Crippen LogP) is 2.33. The van der Waals surface area contributed by atoms with Crippen molar-refractivity contribution in [2.24, 2.45) is 5.92 Å². The van der Waals surface area contributed by atoms with Crippen LogP contribution in [0, 0.1) is 5.92 Å². The molecule has 1 aromatic carbocycles. The van der Waals surface area contributed by atoms with Gasteiger partial charge in [-0.3, -0.25) is 4.79 Å². The number of amides is 1. The summed E-state index contributed by atoms with van der Waals surface area (Å²) in [6.07, 6.45) is 2.36. The first-order chi connectivity index (χ1) is 12.4. The molecule has 1 heterocycles. The van der Waals surface area contributed by atoms with Crippen LogP contribution in [0.5, 0.6) is 0 Å². The number of carbonyl (C=O) groups excluding carboxylic acids is 1. The molecule has 1 aliphatic rings. The first-order valence-electron chi connectivity index (χ1n) is 8.36. The number of hydrogen-bond donors (Lipinski definition) is 2. The fourth-order valence-electron chi connectivity index (χ4n) is 2.87. The van der Waals surface area contributed by atoms with Gasteiger partial charge in [0.05, 0.1) is 17.8 Å². The van der Waals surface area contributed by atoms with Gasteiger partial charge in [-0.25, -0.2) is 13.1 Å². The van der Waals surface area contributed by atoms with Crippen LogP contribution in [0.4, 0.5) is 5.69 Å². The molecule has 3 rings (SSSR count). The van der Waals surface area contributed by atoms with Crippen molar-refractivity contribution in [1.82, 2.24) is 4.72 Å². The number of ether oxygens (including phenoxy) is 1. The lowest BCUT2D eigenvalue weighted by Crippen LogP contribution is -2.35. The average molecular weight is 378 g/mol. The summed E-state index contributed by atoms with van der Waals surface area (Å²) in [7, 11) is -2.11. The van der Waals surface area contributed by atoms with Gasteiger partial charge in [0.2, 0.25) is 15.9 Å². The highest BCUT2D eigenvalue weighted by Crippen LogP contribution is 2.48. The number of nitrogens with one attached hydrogen (secondary N) is 2. The summed E-state index contributed by atoms with van der Waals surface area (Å²) in [6.45, 7) is 2.01. The third-order valence-electron chi connectivity index (χ3n) is 4.24. The molecule has 0 spiro atoms. The van der Waals surface area contributed by atoms with E-state index in [4.69, 9.17) is 9.15 Å². The van der Waals surface area contributed by atoms with Crippen molar-refractivity contribution >= 4 is 21.6 Å². The molecule has 1 saturated carbocycles. The Morgan fingerprint density at radius 3 is 2.65 bits per heavy atom. The summed E-state index contributed by atoms with van der Waals surface area (Å²) in [4.78, 5) is 12.4. The molecular weight excluding hydrogens is 356 g/mol. The molecule has 26 heavy (non-hydrogen) atoms. The summed E-state index contributed by atoms with van der Waals surface area (Å²) >= 11 is 0. The highest BCUT2D eigenvalue weighted by Gasteiger charge is 2.45. The summed E-state index contributed by atoms with van der Waals surface area (Å²) in [5, 5.41) is 2.82. The van der Waals surface area contributed by atoms with Gasteiger partial charge < -0.3 is 14.5 Å². The second kappa shape index (κ2) is 7.61. The van der Waals surface area contributed by atoms with Gasteiger partial charge in [-0.15, -0.1) is 0 Å². The maximum absolute atomic E-state index is 12.3. The minimum atomic E-state index is -3.62. The molecule has 1 aromatic heterocycles. The first-order valence-corrected chi connectivity index (χ1v) is 9.84. The Labute approximate surface area is 152 Å². The number of benzene rings is 1. The third-order valence-corrected chi connectivity index (χ3v) is 5.85. The number of carbonyl (C=O) groups is 1. The third kappa shape index (κ3) is 4.32. The summed E-state index contributed by atoms with van der Waals surface area (Å²) in [6, 6.07) is 9.44. The molecule has 0 unspecified atom stereocenters. The van der Waals surface area contributed by atoms with E-state index < -0.39 is 10.0 Å². The van der Waals surface area contributed by atoms with Gasteiger partial charge in [-0.2, -0.15) is 0 Å². The van der Waals surface area contributed by atoms with Crippen LogP contribution < -0.4 is 10.0 Å². The van der Waals surface area contributed by atoms with Crippen LogP contribution in [0.1, 0.15) is 25.0 Å². The maximum atomic E-state index is 12.3. The minimum Gasteiger partial charge on any atom is -0.469 e. The largest absolute Gasteiger partial charge is 0.469 e. The quantitative estimate of drug-likeness (QED) is 0.735. The lowest BCUT2D eigenvalue weighted by atomic mass is 10.2. The Kier molecular flexibility index (Phi) is 5.45. The Hall–Kier alpha value is -2.16. The van der Waals surface area contributed by atoms with Crippen LogP contribution in [0.3, 0.4) is 0 Å². The molecule has 7 nitrogen and oxygen atoms in total. The lowest BCUT2D eigenvalue weighted by Gasteiger charge is -2.13. The van der Waals surface area contributed by atoms with Crippen LogP contribution >= 0.6 is 0 Å². The Morgan fingerprint density at radius 2 is 2.04 bits per heavy atom. The zero-order chi connectivity index (χ0) is 18.7. The van der Waals surface area contributed by atoms with Gasteiger partial charge in [0.15, 0.2) is 0 Å². The van der Waals surface area contributed by atoms with Gasteiger partial charge in [0.25, 0.3) is 0 Å². The molecule has 3 atom stereocenters. The maximum Gasteiger partial charge on any atom is 0.240 e. The van der Waals surface area contributed by atoms with E-state index in [9.17, 15) is 13.2 Å². The van der Waals surface area contributed by atoms with Gasteiger partial charge in [-0.05, 0) is 49.7 Å². The lowest BCUT2D eigenvalue weighted by molar-refractivity contribution is -0.117. The van der Waals surface area contributed by atoms with Crippen LogP contribution in [-0.4, -0.2) is 34.1 Å². The van der Waals surface area contributed by atoms with Gasteiger partial charge >= 0.3 is 0 Å². The van der Waals surface area contributed by atoms with Crippen molar-refractivity contribution in [2.75, 3.05) is 19.0 Å². The number of hydrogen-bond acceptors (Lipinski definition) is 5. The van der Waals surface area contributed by atoms with E-state index in [1.165, 1.54) is 19.2 Å². The SMILES string of the molecule is COC[C@H](C)NS(=O)(=O)c1ccc(NC(=O)[C@H]2C[C@@H]2c2ccco2)cc1. The van der Waals surface area contributed by atoms with E-state index in [0.717, 1.165) is 12.2 Å². The topological polar surface area (TPSA) is 97.6 Å². The summed E-state index contributed by atoms with van der Waals surface area (Å²) in [5.74, 6) is 0.744. The van der Waals surface area contributed by atoms with Gasteiger partial charge in [0, 0.05) is 30.7 Å². The minimum absolute atomic E-state index is 0.0890. The van der Waals surface area contributed by atoms with Crippen molar-refractivity contribution in [1.29, 1.82) is 0 Å². The van der Waals surface area contributed by atoms with E-state index >= 15 is 0 Å². The Balaban J connectivity index is 1.59. The highest BCUT2D eigenvalue weighted by atomic mass is 32.2. The van der Waals surface area contributed by atoms with E-state index in [1.54, 1.807) is 25.3 Å². The van der Waals surface area contributed by atoms with Crippen LogP contribution in [0.2, 0.25) is 0 Å². The van der Waals surface area contributed by atoms with Crippen LogP contribution in [0.25, 0.3) is 0 Å². The zero-order valence-corrected chi connectivity index (χ0v) is 15.5. The molecule has 0 radical (unpaired) electrons. The molecule has 1 amide bonds. The molecular formula is C18H22N2O5S. The molecule has 1 fully saturated rings. The van der Waals surface area contributed by atoms with Gasteiger partial charge in [-0.1, -0.05) is 0 Å². The number of rotatable bonds is 8. The van der Waals surface area contributed by atoms with Crippen molar-refractivity contribution in [3.8, 4) is 0 Å². The standard InChI is InChI=1S/C18H22N2O5S/c1-12(11-24-2)20-26(22,23)14-7-5-13(6-8-14)19-18(21)16-10-15(16)17-4-3-9-25-17/h3-9,12,15-16,20H,10-11H2,1-2H3,(H,19,21)/t12-,15-,16-/m0/s1. The van der Waals surface area contributed by atoms with Crippen molar-refractivity contribution < 1.29 is 22.4 Å². The Morgan fingerprint density at radius 1 is 1.31 bits per heavy atom. The van der Waals surface area contributed by atoms with E-state index in [0.29, 0.717) is 5.69 Å². The van der Waals surface area contributed by atoms with Crippen molar-refractivity contribution in [3.63, 3.8) is 0 Å². The number of anilines is 1. The Bertz CT molecular complexity index is 846. The zero-order valence-electron chi connectivity index (χ0n) is 14.6. The summed E-state index contributed by atoms with van der Waals surface area (Å²) < 4.78 is 37.3. The van der Waals surface area contributed by atoms with Crippen LogP contribution in [0.15, 0.2) is 52.0 Å². The molecule has 140 valence electrons. The molecule has 2 N–H and O–H groups in total. The second-order valence-corrected chi connectivity index (χ2v) is 8.17. The van der Waals surface area contributed by atoms with Crippen LogP contribution in [-0.2, 0) is 19.6 Å². The normalized spacial score (nSPS) is 20.5. The van der Waals surface area contributed by atoms with E-state index in [1.807, 2.05) is 12.1 Å². The summed E-state index contributed by atoms with van der Waals surface area (Å²) in [5.41, 5.74) is 0.559. The van der Waals surface area contributed by atoms with Crippen molar-refractivity contribution in [2.45, 2.75) is 30.2 Å². The highest BCUT2D eigenvalue weighted by molar-refractivity contribution is 7.89. The van der Waals surface area contributed by atoms with Gasteiger partial charge in [0.1, 0.15) is 5.76 Å². The fraction of sp³-hybridized carbons (Fsp3) is 0.389. The molecule has 0 aliphatic heterocycles. The average Bonchev–Trinajstić information content (AvgIpc) is 3.21. The molecule has 0 bridgehead atoms. The molecule has 2 aromatic rings.